The number of hydrazone groups is 1. The lowest BCUT2D eigenvalue weighted by Crippen LogP contribution is -2.48. The van der Waals surface area contributed by atoms with Crippen LogP contribution >= 0.6 is 0 Å². The first kappa shape index (κ1) is 13.4. The van der Waals surface area contributed by atoms with Crippen molar-refractivity contribution < 1.29 is 9.90 Å². The lowest BCUT2D eigenvalue weighted by molar-refractivity contribution is -0.0819. The van der Waals surface area contributed by atoms with Crippen LogP contribution in [0.2, 0.25) is 0 Å². The number of allylic oxidation sites excluding steroid dienone is 1. The Balaban J connectivity index is 2.31. The number of aliphatic hydroxyl groups is 1. The molecule has 0 radical (unpaired) electrons. The molecule has 2 heterocycles. The van der Waals surface area contributed by atoms with Gasteiger partial charge >= 0.3 is 0 Å². The summed E-state index contributed by atoms with van der Waals surface area (Å²) in [5, 5.41) is 15.9. The molecular formula is C14H17N3O2. The molecule has 2 atom stereocenters. The number of nitrogens with zero attached hydrogens (tertiary/aromatic N) is 3. The van der Waals surface area contributed by atoms with E-state index >= 15 is 0 Å². The van der Waals surface area contributed by atoms with Gasteiger partial charge in [-0.25, -0.2) is 0 Å². The first-order valence-electron chi connectivity index (χ1n) is 6.11. The van der Waals surface area contributed by atoms with Gasteiger partial charge in [0.2, 0.25) is 0 Å². The molecule has 0 spiro atoms. The molecular weight excluding hydrogens is 242 g/mol. The van der Waals surface area contributed by atoms with Crippen molar-refractivity contribution in [3.63, 3.8) is 0 Å². The SMILES string of the molecule is C=CC[C@@H]1C(C)=NN(C(=O)c2cccnc2)[C@@]1(C)O. The zero-order valence-corrected chi connectivity index (χ0v) is 11.1. The smallest absolute Gasteiger partial charge is 0.278 e. The third-order valence-corrected chi connectivity index (χ3v) is 3.35. The molecule has 19 heavy (non-hydrogen) atoms. The van der Waals surface area contributed by atoms with Gasteiger partial charge in [0.05, 0.1) is 11.5 Å². The molecule has 1 aromatic rings. The highest BCUT2D eigenvalue weighted by atomic mass is 16.3. The van der Waals surface area contributed by atoms with Gasteiger partial charge in [0.1, 0.15) is 0 Å². The Kier molecular flexibility index (Phi) is 3.48. The van der Waals surface area contributed by atoms with Gasteiger partial charge in [0.25, 0.3) is 5.91 Å². The van der Waals surface area contributed by atoms with E-state index in [1.165, 1.54) is 6.20 Å². The van der Waals surface area contributed by atoms with Crippen LogP contribution in [-0.4, -0.2) is 32.4 Å². The summed E-state index contributed by atoms with van der Waals surface area (Å²) in [7, 11) is 0. The second-order valence-electron chi connectivity index (χ2n) is 4.77. The average Bonchev–Trinajstić information content (AvgIpc) is 2.63. The van der Waals surface area contributed by atoms with Crippen molar-refractivity contribution in [2.75, 3.05) is 0 Å². The lowest BCUT2D eigenvalue weighted by atomic mass is 9.90. The monoisotopic (exact) mass is 259 g/mol. The summed E-state index contributed by atoms with van der Waals surface area (Å²) in [6.07, 6.45) is 5.34. The fourth-order valence-electron chi connectivity index (χ4n) is 2.30. The van der Waals surface area contributed by atoms with Crippen molar-refractivity contribution in [3.8, 4) is 0 Å². The van der Waals surface area contributed by atoms with E-state index in [-0.39, 0.29) is 11.8 Å². The van der Waals surface area contributed by atoms with Gasteiger partial charge in [-0.3, -0.25) is 9.78 Å². The Morgan fingerprint density at radius 1 is 1.68 bits per heavy atom. The first-order chi connectivity index (χ1) is 8.98. The number of carbonyl (C=O) groups is 1. The van der Waals surface area contributed by atoms with Crippen LogP contribution in [0.1, 0.15) is 30.6 Å². The van der Waals surface area contributed by atoms with Crippen LogP contribution in [-0.2, 0) is 0 Å². The summed E-state index contributed by atoms with van der Waals surface area (Å²) in [6.45, 7) is 7.07. The largest absolute Gasteiger partial charge is 0.369 e. The number of aromatic nitrogens is 1. The molecule has 5 heteroatoms. The summed E-state index contributed by atoms with van der Waals surface area (Å²) in [5.74, 6) is -0.588. The van der Waals surface area contributed by atoms with Crippen molar-refractivity contribution in [2.45, 2.75) is 26.0 Å². The molecule has 100 valence electrons. The molecule has 0 saturated heterocycles. The van der Waals surface area contributed by atoms with E-state index in [0.717, 1.165) is 10.7 Å². The molecule has 0 fully saturated rings. The third-order valence-electron chi connectivity index (χ3n) is 3.35. The summed E-state index contributed by atoms with van der Waals surface area (Å²) in [6, 6.07) is 3.33. The van der Waals surface area contributed by atoms with E-state index in [0.29, 0.717) is 12.0 Å². The van der Waals surface area contributed by atoms with Crippen LogP contribution in [0.25, 0.3) is 0 Å². The molecule has 0 bridgehead atoms. The summed E-state index contributed by atoms with van der Waals surface area (Å²) in [5.41, 5.74) is -0.216. The molecule has 1 N–H and O–H groups in total. The normalized spacial score (nSPS) is 26.2. The predicted molar refractivity (Wildman–Crippen MR) is 72.4 cm³/mol. The molecule has 5 nitrogen and oxygen atoms in total. The number of rotatable bonds is 3. The molecule has 0 aliphatic carbocycles. The van der Waals surface area contributed by atoms with E-state index in [1.54, 1.807) is 38.3 Å². The molecule has 0 saturated carbocycles. The maximum atomic E-state index is 12.4. The minimum atomic E-state index is -1.34. The number of hydrogen-bond acceptors (Lipinski definition) is 4. The highest BCUT2D eigenvalue weighted by Crippen LogP contribution is 2.34. The number of amides is 1. The van der Waals surface area contributed by atoms with Crippen LogP contribution in [0.4, 0.5) is 0 Å². The van der Waals surface area contributed by atoms with E-state index in [4.69, 9.17) is 0 Å². The van der Waals surface area contributed by atoms with Crippen molar-refractivity contribution >= 4 is 11.6 Å². The van der Waals surface area contributed by atoms with Gasteiger partial charge < -0.3 is 5.11 Å². The predicted octanol–water partition coefficient (Wildman–Crippen LogP) is 1.81. The van der Waals surface area contributed by atoms with Gasteiger partial charge in [-0.2, -0.15) is 10.1 Å². The van der Waals surface area contributed by atoms with Crippen LogP contribution in [0, 0.1) is 5.92 Å². The molecule has 2 rings (SSSR count). The van der Waals surface area contributed by atoms with Crippen LogP contribution in [0.15, 0.2) is 42.3 Å². The standard InChI is InChI=1S/C14H17N3O2/c1-4-6-12-10(2)16-17(14(12,3)19)13(18)11-7-5-8-15-9-11/h4-5,7-9,12,19H,1,6H2,2-3H3/t12-,14+/m1/s1. The number of pyridine rings is 1. The van der Waals surface area contributed by atoms with Crippen molar-refractivity contribution in [2.24, 2.45) is 11.0 Å². The van der Waals surface area contributed by atoms with Crippen LogP contribution in [0.3, 0.4) is 0 Å². The Morgan fingerprint density at radius 3 is 3.00 bits per heavy atom. The van der Waals surface area contributed by atoms with E-state index in [1.807, 2.05) is 0 Å². The van der Waals surface area contributed by atoms with Crippen LogP contribution < -0.4 is 0 Å². The van der Waals surface area contributed by atoms with Crippen molar-refractivity contribution in [1.82, 2.24) is 9.99 Å². The van der Waals surface area contributed by atoms with E-state index < -0.39 is 5.72 Å². The maximum absolute atomic E-state index is 12.4. The second kappa shape index (κ2) is 4.93. The second-order valence-corrected chi connectivity index (χ2v) is 4.77. The van der Waals surface area contributed by atoms with Crippen molar-refractivity contribution in [1.29, 1.82) is 0 Å². The molecule has 1 aliphatic heterocycles. The van der Waals surface area contributed by atoms with Crippen molar-refractivity contribution in [3.05, 3.63) is 42.7 Å². The molecule has 1 aromatic heterocycles. The molecule has 1 amide bonds. The average molecular weight is 259 g/mol. The van der Waals surface area contributed by atoms with Gasteiger partial charge in [-0.15, -0.1) is 6.58 Å². The Hall–Kier alpha value is -2.01. The Morgan fingerprint density at radius 2 is 2.42 bits per heavy atom. The molecule has 0 aromatic carbocycles. The minimum absolute atomic E-state index is 0.231. The van der Waals surface area contributed by atoms with Crippen LogP contribution in [0.5, 0.6) is 0 Å². The number of hydrogen-bond donors (Lipinski definition) is 1. The number of carbonyl (C=O) groups excluding carboxylic acids is 1. The van der Waals surface area contributed by atoms with Gasteiger partial charge in [-0.05, 0) is 32.4 Å². The summed E-state index contributed by atoms with van der Waals surface area (Å²) < 4.78 is 0. The summed E-state index contributed by atoms with van der Waals surface area (Å²) in [4.78, 5) is 16.3. The quantitative estimate of drug-likeness (QED) is 0.842. The van der Waals surface area contributed by atoms with Gasteiger partial charge in [0, 0.05) is 18.1 Å². The molecule has 0 unspecified atom stereocenters. The maximum Gasteiger partial charge on any atom is 0.278 e. The van der Waals surface area contributed by atoms with E-state index in [9.17, 15) is 9.90 Å². The lowest BCUT2D eigenvalue weighted by Gasteiger charge is -2.32. The van der Waals surface area contributed by atoms with Gasteiger partial charge in [0.15, 0.2) is 5.72 Å². The first-order valence-corrected chi connectivity index (χ1v) is 6.11. The highest BCUT2D eigenvalue weighted by Gasteiger charge is 2.47. The summed E-state index contributed by atoms with van der Waals surface area (Å²) >= 11 is 0. The fraction of sp³-hybridized carbons (Fsp3) is 0.357. The molecule has 1 aliphatic rings. The fourth-order valence-corrected chi connectivity index (χ4v) is 2.30. The zero-order chi connectivity index (χ0) is 14.0. The topological polar surface area (TPSA) is 65.8 Å². The van der Waals surface area contributed by atoms with E-state index in [2.05, 4.69) is 16.7 Å². The highest BCUT2D eigenvalue weighted by molar-refractivity contribution is 5.98. The third kappa shape index (κ3) is 2.29. The zero-order valence-electron chi connectivity index (χ0n) is 11.1. The minimum Gasteiger partial charge on any atom is -0.369 e. The van der Waals surface area contributed by atoms with Gasteiger partial charge in [-0.1, -0.05) is 6.08 Å². The Labute approximate surface area is 112 Å². The Bertz CT molecular complexity index is 523.